The highest BCUT2D eigenvalue weighted by atomic mass is 35.5. The lowest BCUT2D eigenvalue weighted by atomic mass is 10.1. The van der Waals surface area contributed by atoms with Gasteiger partial charge in [0.25, 0.3) is 11.8 Å². The van der Waals surface area contributed by atoms with Gasteiger partial charge in [0.2, 0.25) is 10.6 Å². The van der Waals surface area contributed by atoms with Gasteiger partial charge in [-0.05, 0) is 59.6 Å². The number of halogens is 20. The molecule has 8 nitrogen and oxygen atoms in total. The molecule has 4 aromatic rings. The number of amides is 2. The van der Waals surface area contributed by atoms with Crippen LogP contribution in [-0.4, -0.2) is 31.8 Å². The van der Waals surface area contributed by atoms with E-state index >= 15 is 0 Å². The summed E-state index contributed by atoms with van der Waals surface area (Å²) in [6.07, 6.45) is -30.5. The number of alkyl halides is 18. The molecule has 0 radical (unpaired) electrons. The van der Waals surface area contributed by atoms with Crippen molar-refractivity contribution in [1.82, 2.24) is 19.9 Å². The average Bonchev–Trinajstić information content (AvgIpc) is 3.02. The number of hydrogen-bond donors (Lipinski definition) is 2. The second-order valence-electron chi connectivity index (χ2n) is 10.3. The largest absolute Gasteiger partial charge is 0.434 e. The molecule has 0 saturated carbocycles. The molecule has 0 spiro atoms. The van der Waals surface area contributed by atoms with E-state index in [0.29, 0.717) is 12.4 Å². The van der Waals surface area contributed by atoms with Gasteiger partial charge in [0.05, 0.1) is 33.4 Å². The lowest BCUT2D eigenvalue weighted by molar-refractivity contribution is -0.144. The summed E-state index contributed by atoms with van der Waals surface area (Å²) in [4.78, 5) is 36.0. The Morgan fingerprint density at radius 1 is 0.429 bits per heavy atom. The van der Waals surface area contributed by atoms with Crippen LogP contribution in [0.4, 0.5) is 90.4 Å². The van der Waals surface area contributed by atoms with Crippen LogP contribution in [0.1, 0.15) is 54.4 Å². The molecule has 2 amide bonds. The Morgan fingerprint density at radius 2 is 0.679 bits per heavy atom. The summed E-state index contributed by atoms with van der Waals surface area (Å²) in [5.74, 6) is -3.37. The molecule has 0 fully saturated rings. The molecule has 0 unspecified atom stereocenters. The first-order valence-corrected chi connectivity index (χ1v) is 14.3. The van der Waals surface area contributed by atoms with E-state index in [4.69, 9.17) is 23.2 Å². The highest BCUT2D eigenvalue weighted by molar-refractivity contribution is 6.28. The Balaban J connectivity index is 0.000000300. The molecule has 2 N–H and O–H groups in total. The first kappa shape index (κ1) is 45.3. The van der Waals surface area contributed by atoms with Crippen LogP contribution in [0.15, 0.2) is 48.8 Å². The fourth-order valence-corrected chi connectivity index (χ4v) is 4.20. The third-order valence-corrected chi connectivity index (χ3v) is 6.60. The number of carbonyl (C=O) groups excluding carboxylic acids is 2. The van der Waals surface area contributed by atoms with Crippen molar-refractivity contribution < 1.29 is 88.6 Å². The van der Waals surface area contributed by atoms with Crippen molar-refractivity contribution in [2.24, 2.45) is 0 Å². The van der Waals surface area contributed by atoms with Gasteiger partial charge in [-0.2, -0.15) is 79.0 Å². The first-order chi connectivity index (χ1) is 25.2. The van der Waals surface area contributed by atoms with Crippen LogP contribution >= 0.6 is 23.2 Å². The van der Waals surface area contributed by atoms with E-state index in [1.165, 1.54) is 0 Å². The van der Waals surface area contributed by atoms with E-state index in [1.54, 1.807) is 10.6 Å². The molecular formula is C28H10Cl2F18N6O2. The lowest BCUT2D eigenvalue weighted by Gasteiger charge is -2.15. The molecule has 0 aliphatic carbocycles. The Bertz CT molecular complexity index is 1900. The minimum absolute atomic E-state index is 0.136. The monoisotopic (exact) mass is 874 g/mol. The summed E-state index contributed by atoms with van der Waals surface area (Å²) < 4.78 is 231. The SMILES string of the molecule is O=C(Nc1cc(C(F)(F)F)cc(C(F)(F)F)c1)c1cnc(Cl)nc1C(F)(F)F.O=C(Nc1cc(C(F)(F)F)cc(C(F)(F)F)c1)c1cnc(Cl)nc1C(F)(F)F. The molecule has 0 bridgehead atoms. The summed E-state index contributed by atoms with van der Waals surface area (Å²) in [5.41, 5.74) is -15.2. The third kappa shape index (κ3) is 11.9. The van der Waals surface area contributed by atoms with Crippen molar-refractivity contribution in [2.45, 2.75) is 37.1 Å². The van der Waals surface area contributed by atoms with Crippen LogP contribution in [-0.2, 0) is 37.1 Å². The van der Waals surface area contributed by atoms with Gasteiger partial charge < -0.3 is 10.6 Å². The molecule has 304 valence electrons. The van der Waals surface area contributed by atoms with E-state index in [2.05, 4.69) is 19.9 Å². The number of carbonyl (C=O) groups is 2. The maximum absolute atomic E-state index is 12.9. The van der Waals surface area contributed by atoms with Crippen molar-refractivity contribution in [3.05, 3.63) is 104 Å². The van der Waals surface area contributed by atoms with Crippen LogP contribution in [0, 0.1) is 0 Å². The van der Waals surface area contributed by atoms with Crippen molar-refractivity contribution in [3.8, 4) is 0 Å². The Hall–Kier alpha value is -5.14. The van der Waals surface area contributed by atoms with Crippen molar-refractivity contribution >= 4 is 46.4 Å². The normalized spacial score (nSPS) is 12.8. The fourth-order valence-electron chi connectivity index (χ4n) is 3.94. The van der Waals surface area contributed by atoms with Crippen molar-refractivity contribution in [2.75, 3.05) is 10.6 Å². The summed E-state index contributed by atoms with van der Waals surface area (Å²) in [5, 5.41) is 1.36. The Kier molecular flexibility index (Phi) is 12.7. The molecule has 0 atom stereocenters. The van der Waals surface area contributed by atoms with Crippen LogP contribution in [0.3, 0.4) is 0 Å². The van der Waals surface area contributed by atoms with E-state index < -0.39 is 116 Å². The highest BCUT2D eigenvalue weighted by Crippen LogP contribution is 2.40. The van der Waals surface area contributed by atoms with Crippen LogP contribution < -0.4 is 10.6 Å². The summed E-state index contributed by atoms with van der Waals surface area (Å²) in [6, 6.07) is 0.132. The van der Waals surface area contributed by atoms with Crippen molar-refractivity contribution in [3.63, 3.8) is 0 Å². The molecule has 2 aromatic carbocycles. The van der Waals surface area contributed by atoms with Crippen LogP contribution in [0.25, 0.3) is 0 Å². The van der Waals surface area contributed by atoms with Gasteiger partial charge in [0.1, 0.15) is 0 Å². The van der Waals surface area contributed by atoms with Crippen LogP contribution in [0.2, 0.25) is 10.6 Å². The lowest BCUT2D eigenvalue weighted by Crippen LogP contribution is -2.21. The fraction of sp³-hybridized carbons (Fsp3) is 0.214. The molecule has 4 rings (SSSR count). The van der Waals surface area contributed by atoms with Gasteiger partial charge >= 0.3 is 37.1 Å². The number of aromatic nitrogens is 4. The van der Waals surface area contributed by atoms with E-state index in [-0.39, 0.29) is 36.4 Å². The van der Waals surface area contributed by atoms with E-state index in [1.807, 2.05) is 0 Å². The molecule has 28 heteroatoms. The molecule has 0 aliphatic rings. The second-order valence-corrected chi connectivity index (χ2v) is 11.0. The van der Waals surface area contributed by atoms with Gasteiger partial charge in [-0.3, -0.25) is 9.59 Å². The molecule has 2 heterocycles. The summed E-state index contributed by atoms with van der Waals surface area (Å²) >= 11 is 10.5. The zero-order valence-electron chi connectivity index (χ0n) is 25.8. The minimum Gasteiger partial charge on any atom is -0.322 e. The minimum atomic E-state index is -5.21. The quantitative estimate of drug-likeness (QED) is 0.156. The molecule has 0 aliphatic heterocycles. The molecular weight excluding hydrogens is 865 g/mol. The standard InChI is InChI=1S/2C14H5ClF9N3O/c2*15-11-25-4-8(9(27-11)14(22,23)24)10(28)26-7-2-5(12(16,17)18)1-6(3-7)13(19,20)21/h2*1-4H,(H,26,28). The first-order valence-electron chi connectivity index (χ1n) is 13.6. The predicted octanol–water partition coefficient (Wildman–Crippen LogP) is 10.9. The third-order valence-electron chi connectivity index (χ3n) is 6.24. The highest BCUT2D eigenvalue weighted by Gasteiger charge is 2.41. The van der Waals surface area contributed by atoms with Gasteiger partial charge in [-0.15, -0.1) is 0 Å². The Morgan fingerprint density at radius 3 is 0.893 bits per heavy atom. The topological polar surface area (TPSA) is 110 Å². The number of anilines is 2. The number of rotatable bonds is 4. The summed E-state index contributed by atoms with van der Waals surface area (Å²) in [7, 11) is 0. The predicted molar refractivity (Wildman–Crippen MR) is 153 cm³/mol. The van der Waals surface area contributed by atoms with Gasteiger partial charge in [-0.25, -0.2) is 19.9 Å². The van der Waals surface area contributed by atoms with Gasteiger partial charge in [-0.1, -0.05) is 0 Å². The summed E-state index contributed by atoms with van der Waals surface area (Å²) in [6.45, 7) is 0. The van der Waals surface area contributed by atoms with Crippen molar-refractivity contribution in [1.29, 1.82) is 0 Å². The molecule has 2 aromatic heterocycles. The number of nitrogens with zero attached hydrogens (tertiary/aromatic N) is 4. The van der Waals surface area contributed by atoms with E-state index in [9.17, 15) is 88.6 Å². The Labute approximate surface area is 306 Å². The van der Waals surface area contributed by atoms with Gasteiger partial charge in [0, 0.05) is 23.8 Å². The maximum atomic E-state index is 12.9. The second kappa shape index (κ2) is 15.8. The number of hydrogen-bond acceptors (Lipinski definition) is 6. The smallest absolute Gasteiger partial charge is 0.322 e. The number of nitrogens with one attached hydrogen (secondary N) is 2. The van der Waals surface area contributed by atoms with Gasteiger partial charge in [0.15, 0.2) is 11.4 Å². The molecule has 56 heavy (non-hydrogen) atoms. The zero-order valence-corrected chi connectivity index (χ0v) is 27.3. The maximum Gasteiger partial charge on any atom is 0.434 e. The molecule has 0 saturated heterocycles. The zero-order chi connectivity index (χ0) is 43.0. The number of benzene rings is 2. The van der Waals surface area contributed by atoms with E-state index in [0.717, 1.165) is 0 Å². The van der Waals surface area contributed by atoms with Crippen LogP contribution in [0.5, 0.6) is 0 Å². The average molecular weight is 875 g/mol.